The number of carbonyl (C=O) groups is 4. The van der Waals surface area contributed by atoms with E-state index in [9.17, 15) is 19.5 Å². The molecule has 6 atom stereocenters. The van der Waals surface area contributed by atoms with E-state index < -0.39 is 46.8 Å². The number of amides is 4. The Hall–Kier alpha value is -4.49. The van der Waals surface area contributed by atoms with Gasteiger partial charge in [-0.05, 0) is 120 Å². The number of rotatable bonds is 5. The summed E-state index contributed by atoms with van der Waals surface area (Å²) in [6.07, 6.45) is 2.45. The summed E-state index contributed by atoms with van der Waals surface area (Å²) in [6, 6.07) is 16.1. The number of halogens is 3. The third-order valence-corrected chi connectivity index (χ3v) is 15.0. The number of imide groups is 2. The highest BCUT2D eigenvalue weighted by molar-refractivity contribution is 9.10. The zero-order chi connectivity index (χ0) is 39.7. The largest absolute Gasteiger partial charge is 0.503 e. The zero-order valence-corrected chi connectivity index (χ0v) is 34.8. The number of aromatic hydroxyl groups is 1. The lowest BCUT2D eigenvalue weighted by atomic mass is 9.51. The van der Waals surface area contributed by atoms with Gasteiger partial charge in [-0.1, -0.05) is 40.9 Å². The highest BCUT2D eigenvalue weighted by Crippen LogP contribution is 2.64. The Morgan fingerprint density at radius 3 is 2.46 bits per heavy atom. The average molecular weight is 875 g/mol. The maximum Gasteiger partial charge on any atom is 0.242 e. The smallest absolute Gasteiger partial charge is 0.242 e. The molecule has 2 aromatic heterocycles. The van der Waals surface area contributed by atoms with E-state index in [-0.39, 0.29) is 36.2 Å². The van der Waals surface area contributed by atoms with Crippen LogP contribution in [0.2, 0.25) is 10.0 Å². The second-order valence-corrected chi connectivity index (χ2v) is 18.1. The van der Waals surface area contributed by atoms with Crippen molar-refractivity contribution in [2.45, 2.75) is 39.5 Å². The van der Waals surface area contributed by atoms with Crippen molar-refractivity contribution in [3.63, 3.8) is 0 Å². The van der Waals surface area contributed by atoms with E-state index in [1.54, 1.807) is 59.5 Å². The van der Waals surface area contributed by atoms with E-state index in [0.717, 1.165) is 31.7 Å². The van der Waals surface area contributed by atoms with Crippen molar-refractivity contribution in [1.29, 1.82) is 0 Å². The number of phenols is 1. The summed E-state index contributed by atoms with van der Waals surface area (Å²) in [5.74, 6) is -4.59. The molecule has 2 aliphatic heterocycles. The molecule has 0 spiro atoms. The summed E-state index contributed by atoms with van der Waals surface area (Å²) < 4.78 is 8.51. The lowest BCUT2D eigenvalue weighted by Gasteiger charge is -2.49. The second-order valence-electron chi connectivity index (χ2n) is 15.4. The van der Waals surface area contributed by atoms with Crippen LogP contribution in [0.3, 0.4) is 0 Å². The molecule has 4 amide bonds. The van der Waals surface area contributed by atoms with Crippen LogP contribution in [-0.2, 0) is 26.2 Å². The number of hydrogen-bond donors (Lipinski definition) is 1. The number of methoxy groups -OCH3 is 1. The maximum atomic E-state index is 15.2. The maximum absolute atomic E-state index is 15.2. The molecule has 4 heterocycles. The standard InChI is InChI=1S/C42H35BrCl2N4O6S/c1-18-6-8-22(15-29(18)45)48-38(51)24-10-9-23-26(34(24)40(48)53)16-27-39(52)49(41(54)42(27,3)35(23)20-12-28(43)36(50)31(13-20)55-5)33-17-30(46-47(33)4)37-19(2)25-14-21(44)7-11-32(25)56-37/h6-9,11-15,17,24,26-27,34-35,50H,10,16H2,1-5H3. The Balaban J connectivity index is 1.17. The van der Waals surface area contributed by atoms with Crippen LogP contribution in [0, 0.1) is 42.9 Å². The second kappa shape index (κ2) is 13.0. The van der Waals surface area contributed by atoms with Gasteiger partial charge in [0.15, 0.2) is 11.5 Å². The van der Waals surface area contributed by atoms with Gasteiger partial charge in [0, 0.05) is 33.8 Å². The Kier molecular flexibility index (Phi) is 8.63. The molecule has 286 valence electrons. The van der Waals surface area contributed by atoms with Gasteiger partial charge in [0.2, 0.25) is 23.6 Å². The normalized spacial score (nSPS) is 25.9. The molecule has 4 aliphatic rings. The fourth-order valence-corrected chi connectivity index (χ4v) is 11.7. The van der Waals surface area contributed by atoms with Gasteiger partial charge in [0.1, 0.15) is 11.5 Å². The summed E-state index contributed by atoms with van der Waals surface area (Å²) in [5, 5.41) is 17.7. The molecule has 9 rings (SSSR count). The van der Waals surface area contributed by atoms with Gasteiger partial charge in [-0.15, -0.1) is 11.3 Å². The number of nitrogens with zero attached hydrogens (tertiary/aromatic N) is 4. The quantitative estimate of drug-likeness (QED) is 0.138. The van der Waals surface area contributed by atoms with E-state index in [4.69, 9.17) is 33.0 Å². The minimum atomic E-state index is -1.32. The number of allylic oxidation sites excluding steroid dienone is 2. The average Bonchev–Trinajstić information content (AvgIpc) is 3.84. The van der Waals surface area contributed by atoms with Crippen LogP contribution in [0.1, 0.15) is 42.4 Å². The van der Waals surface area contributed by atoms with Crippen molar-refractivity contribution in [2.24, 2.45) is 36.1 Å². The van der Waals surface area contributed by atoms with Crippen molar-refractivity contribution in [3.8, 4) is 22.1 Å². The number of phenolic OH excluding ortho intramolecular Hbond substituents is 1. The van der Waals surface area contributed by atoms with Gasteiger partial charge in [0.25, 0.3) is 0 Å². The van der Waals surface area contributed by atoms with E-state index >= 15 is 4.79 Å². The summed E-state index contributed by atoms with van der Waals surface area (Å²) in [5.41, 5.74) is 2.94. The van der Waals surface area contributed by atoms with Crippen molar-refractivity contribution in [2.75, 3.05) is 16.9 Å². The van der Waals surface area contributed by atoms with Gasteiger partial charge in [-0.3, -0.25) is 23.9 Å². The van der Waals surface area contributed by atoms with Gasteiger partial charge in [-0.25, -0.2) is 9.80 Å². The Morgan fingerprint density at radius 1 is 0.964 bits per heavy atom. The molecule has 2 saturated heterocycles. The molecule has 1 saturated carbocycles. The minimum Gasteiger partial charge on any atom is -0.503 e. The molecule has 0 radical (unpaired) electrons. The number of aromatic nitrogens is 2. The molecule has 14 heteroatoms. The zero-order valence-electron chi connectivity index (χ0n) is 30.9. The number of ether oxygens (including phenoxy) is 1. The Labute approximate surface area is 344 Å². The summed E-state index contributed by atoms with van der Waals surface area (Å²) in [6.45, 7) is 5.67. The summed E-state index contributed by atoms with van der Waals surface area (Å²) in [4.78, 5) is 62.2. The molecule has 3 fully saturated rings. The SMILES string of the molecule is COc1cc(C2C3=CCC4C(=O)N(c5ccc(C)c(Cl)c5)C(=O)C4C3CC3C(=O)N(c4cc(-c5sc6ccc(Cl)cc6c5C)nn4C)C(=O)C32C)cc(Br)c1O. The molecule has 10 nitrogen and oxygen atoms in total. The first kappa shape index (κ1) is 37.1. The third-order valence-electron chi connectivity index (χ3n) is 12.5. The van der Waals surface area contributed by atoms with E-state index in [2.05, 4.69) is 15.9 Å². The molecule has 3 aromatic carbocycles. The van der Waals surface area contributed by atoms with Crippen LogP contribution in [0.4, 0.5) is 11.5 Å². The first-order valence-electron chi connectivity index (χ1n) is 18.2. The number of thiophene rings is 1. The van der Waals surface area contributed by atoms with Crippen molar-refractivity contribution in [3.05, 3.63) is 97.5 Å². The fourth-order valence-electron chi connectivity index (χ4n) is 9.72. The molecule has 5 aromatic rings. The van der Waals surface area contributed by atoms with Crippen molar-refractivity contribution >= 4 is 95.7 Å². The van der Waals surface area contributed by atoms with Crippen LogP contribution in [0.25, 0.3) is 20.7 Å². The summed E-state index contributed by atoms with van der Waals surface area (Å²) >= 11 is 17.8. The molecular formula is C42H35BrCl2N4O6S. The van der Waals surface area contributed by atoms with E-state index in [0.29, 0.717) is 37.3 Å². The summed E-state index contributed by atoms with van der Waals surface area (Å²) in [7, 11) is 3.15. The van der Waals surface area contributed by atoms with Crippen LogP contribution in [-0.4, -0.2) is 45.6 Å². The number of carbonyl (C=O) groups excluding carboxylic acids is 4. The van der Waals surface area contributed by atoms with E-state index in [1.807, 2.05) is 45.0 Å². The first-order chi connectivity index (χ1) is 26.6. The van der Waals surface area contributed by atoms with Crippen molar-refractivity contribution < 1.29 is 29.0 Å². The number of anilines is 2. The predicted molar refractivity (Wildman–Crippen MR) is 219 cm³/mol. The Morgan fingerprint density at radius 2 is 1.73 bits per heavy atom. The molecular weight excluding hydrogens is 839 g/mol. The topological polar surface area (TPSA) is 122 Å². The number of benzene rings is 3. The molecule has 56 heavy (non-hydrogen) atoms. The van der Waals surface area contributed by atoms with Crippen molar-refractivity contribution in [1.82, 2.24) is 9.78 Å². The van der Waals surface area contributed by atoms with E-state index in [1.165, 1.54) is 16.9 Å². The first-order valence-corrected chi connectivity index (χ1v) is 20.5. The number of aryl methyl sites for hydroxylation is 3. The lowest BCUT2D eigenvalue weighted by molar-refractivity contribution is -0.131. The minimum absolute atomic E-state index is 0.108. The van der Waals surface area contributed by atoms with Gasteiger partial charge in [0.05, 0.1) is 45.3 Å². The predicted octanol–water partition coefficient (Wildman–Crippen LogP) is 9.14. The van der Waals surface area contributed by atoms with Gasteiger partial charge >= 0.3 is 0 Å². The molecule has 1 N–H and O–H groups in total. The highest BCUT2D eigenvalue weighted by atomic mass is 79.9. The third kappa shape index (κ3) is 5.14. The fraction of sp³-hybridized carbons (Fsp3) is 0.310. The Bertz CT molecular complexity index is 2640. The monoisotopic (exact) mass is 872 g/mol. The van der Waals surface area contributed by atoms with Gasteiger partial charge in [-0.2, -0.15) is 5.10 Å². The number of fused-ring (bicyclic) bond motifs is 5. The highest BCUT2D eigenvalue weighted by Gasteiger charge is 2.68. The van der Waals surface area contributed by atoms with Crippen LogP contribution in [0.5, 0.6) is 11.5 Å². The van der Waals surface area contributed by atoms with Gasteiger partial charge < -0.3 is 9.84 Å². The molecule has 0 bridgehead atoms. The molecule has 2 aliphatic carbocycles. The molecule has 6 unspecified atom stereocenters. The van der Waals surface area contributed by atoms with Crippen LogP contribution >= 0.6 is 50.5 Å². The van der Waals surface area contributed by atoms with Crippen LogP contribution < -0.4 is 14.5 Å². The lowest BCUT2D eigenvalue weighted by Crippen LogP contribution is -2.49. The number of hydrogen-bond acceptors (Lipinski definition) is 8. The van der Waals surface area contributed by atoms with Crippen LogP contribution in [0.15, 0.2) is 70.7 Å².